The smallest absolute Gasteiger partial charge is 0.255 e. The average Bonchev–Trinajstić information content (AvgIpc) is 3.33. The Balaban J connectivity index is 1.54. The van der Waals surface area contributed by atoms with Crippen molar-refractivity contribution in [1.82, 2.24) is 25.2 Å². The van der Waals surface area contributed by atoms with Crippen molar-refractivity contribution in [1.29, 1.82) is 0 Å². The third kappa shape index (κ3) is 2.88. The summed E-state index contributed by atoms with van der Waals surface area (Å²) in [5.41, 5.74) is 4.42. The lowest BCUT2D eigenvalue weighted by Gasteiger charge is -2.14. The standard InChI is InChI=1S/C18H19N5O3/c1-10-14(8-23(2)21-10)18(25)19-15-6-4-11-7-12(3-5-13(11)15)17-20-16(9-24)26-22-17/h3,5,7-8,15,24H,4,6,9H2,1-2H3,(H,19,25). The predicted molar refractivity (Wildman–Crippen MR) is 92.1 cm³/mol. The van der Waals surface area contributed by atoms with Crippen molar-refractivity contribution in [3.05, 3.63) is 52.7 Å². The van der Waals surface area contributed by atoms with E-state index < -0.39 is 0 Å². The zero-order valence-electron chi connectivity index (χ0n) is 14.6. The highest BCUT2D eigenvalue weighted by Gasteiger charge is 2.26. The van der Waals surface area contributed by atoms with E-state index in [1.165, 1.54) is 0 Å². The molecule has 0 spiro atoms. The van der Waals surface area contributed by atoms with E-state index in [1.807, 2.05) is 25.1 Å². The van der Waals surface area contributed by atoms with E-state index >= 15 is 0 Å². The number of hydrogen-bond acceptors (Lipinski definition) is 6. The molecule has 3 aromatic rings. The molecule has 1 aromatic carbocycles. The molecular weight excluding hydrogens is 334 g/mol. The van der Waals surface area contributed by atoms with Gasteiger partial charge in [0.1, 0.15) is 6.61 Å². The molecule has 1 atom stereocenters. The number of rotatable bonds is 4. The maximum atomic E-state index is 12.5. The monoisotopic (exact) mass is 353 g/mol. The zero-order chi connectivity index (χ0) is 18.3. The number of benzene rings is 1. The van der Waals surface area contributed by atoms with Crippen LogP contribution in [0.15, 0.2) is 28.9 Å². The average molecular weight is 353 g/mol. The van der Waals surface area contributed by atoms with Crippen molar-refractivity contribution in [3.63, 3.8) is 0 Å². The molecule has 0 bridgehead atoms. The van der Waals surface area contributed by atoms with Gasteiger partial charge in [-0.1, -0.05) is 17.3 Å². The Kier molecular flexibility index (Phi) is 4.04. The van der Waals surface area contributed by atoms with Gasteiger partial charge in [-0.3, -0.25) is 9.48 Å². The van der Waals surface area contributed by atoms with Gasteiger partial charge in [-0.05, 0) is 37.0 Å². The quantitative estimate of drug-likeness (QED) is 0.739. The largest absolute Gasteiger partial charge is 0.387 e. The minimum atomic E-state index is -0.278. The van der Waals surface area contributed by atoms with Crippen LogP contribution in [-0.2, 0) is 20.1 Å². The maximum absolute atomic E-state index is 12.5. The Labute approximate surface area is 149 Å². The summed E-state index contributed by atoms with van der Waals surface area (Å²) in [6, 6.07) is 5.89. The molecule has 0 radical (unpaired) electrons. The normalized spacial score (nSPS) is 15.9. The number of hydrogen-bond donors (Lipinski definition) is 2. The molecule has 8 nitrogen and oxygen atoms in total. The van der Waals surface area contributed by atoms with Crippen LogP contribution in [0.5, 0.6) is 0 Å². The fourth-order valence-corrected chi connectivity index (χ4v) is 3.40. The number of carbonyl (C=O) groups is 1. The summed E-state index contributed by atoms with van der Waals surface area (Å²) >= 11 is 0. The number of aliphatic hydroxyl groups excluding tert-OH is 1. The van der Waals surface area contributed by atoms with E-state index in [9.17, 15) is 4.79 Å². The van der Waals surface area contributed by atoms with Gasteiger partial charge >= 0.3 is 0 Å². The van der Waals surface area contributed by atoms with Crippen LogP contribution < -0.4 is 5.32 Å². The van der Waals surface area contributed by atoms with Crippen LogP contribution >= 0.6 is 0 Å². The maximum Gasteiger partial charge on any atom is 0.255 e. The van der Waals surface area contributed by atoms with Crippen molar-refractivity contribution < 1.29 is 14.4 Å². The van der Waals surface area contributed by atoms with E-state index in [1.54, 1.807) is 17.9 Å². The Hall–Kier alpha value is -3.00. The molecule has 2 N–H and O–H groups in total. The summed E-state index contributed by atoms with van der Waals surface area (Å²) in [5.74, 6) is 0.538. The summed E-state index contributed by atoms with van der Waals surface area (Å²) in [6.07, 6.45) is 3.45. The number of fused-ring (bicyclic) bond motifs is 1. The molecule has 4 rings (SSSR count). The van der Waals surface area contributed by atoms with Gasteiger partial charge in [0.2, 0.25) is 5.82 Å². The molecule has 134 valence electrons. The van der Waals surface area contributed by atoms with Gasteiger partial charge in [-0.15, -0.1) is 0 Å². The lowest BCUT2D eigenvalue weighted by atomic mass is 10.0. The fraction of sp³-hybridized carbons (Fsp3) is 0.333. The first-order valence-electron chi connectivity index (χ1n) is 8.43. The van der Waals surface area contributed by atoms with Crippen LogP contribution in [-0.4, -0.2) is 30.9 Å². The van der Waals surface area contributed by atoms with Gasteiger partial charge in [0.15, 0.2) is 0 Å². The van der Waals surface area contributed by atoms with Crippen LogP contribution in [0.25, 0.3) is 11.4 Å². The molecule has 0 saturated carbocycles. The molecule has 2 aromatic heterocycles. The van der Waals surface area contributed by atoms with Crippen LogP contribution in [0, 0.1) is 6.92 Å². The summed E-state index contributed by atoms with van der Waals surface area (Å²) in [6.45, 7) is 1.55. The zero-order valence-corrected chi connectivity index (χ0v) is 14.6. The highest BCUT2D eigenvalue weighted by molar-refractivity contribution is 5.95. The van der Waals surface area contributed by atoms with Crippen molar-refractivity contribution in [2.45, 2.75) is 32.4 Å². The first-order valence-corrected chi connectivity index (χ1v) is 8.43. The second kappa shape index (κ2) is 6.38. The summed E-state index contributed by atoms with van der Waals surface area (Å²) < 4.78 is 6.59. The predicted octanol–water partition coefficient (Wildman–Crippen LogP) is 1.69. The third-order valence-electron chi connectivity index (χ3n) is 4.65. The Morgan fingerprint density at radius 3 is 3.00 bits per heavy atom. The second-order valence-corrected chi connectivity index (χ2v) is 6.45. The van der Waals surface area contributed by atoms with Crippen molar-refractivity contribution in [3.8, 4) is 11.4 Å². The van der Waals surface area contributed by atoms with Gasteiger partial charge in [0.05, 0.1) is 17.3 Å². The van der Waals surface area contributed by atoms with Crippen molar-refractivity contribution in [2.75, 3.05) is 0 Å². The van der Waals surface area contributed by atoms with Crippen LogP contribution in [0.3, 0.4) is 0 Å². The van der Waals surface area contributed by atoms with E-state index in [-0.39, 0.29) is 24.4 Å². The lowest BCUT2D eigenvalue weighted by molar-refractivity contribution is 0.0936. The second-order valence-electron chi connectivity index (χ2n) is 6.45. The first kappa shape index (κ1) is 16.5. The molecule has 0 fully saturated rings. The summed E-state index contributed by atoms with van der Waals surface area (Å²) in [7, 11) is 1.80. The number of aromatic nitrogens is 4. The number of nitrogens with one attached hydrogen (secondary N) is 1. The van der Waals surface area contributed by atoms with Gasteiger partial charge < -0.3 is 14.9 Å². The molecule has 1 aliphatic rings. The topological polar surface area (TPSA) is 106 Å². The summed E-state index contributed by atoms with van der Waals surface area (Å²) in [5, 5.41) is 20.2. The minimum Gasteiger partial charge on any atom is -0.387 e. The molecule has 1 amide bonds. The van der Waals surface area contributed by atoms with Crippen LogP contribution in [0.1, 0.15) is 45.5 Å². The van der Waals surface area contributed by atoms with E-state index in [0.717, 1.165) is 35.2 Å². The Morgan fingerprint density at radius 1 is 1.46 bits per heavy atom. The van der Waals surface area contributed by atoms with Crippen molar-refractivity contribution >= 4 is 5.91 Å². The molecule has 26 heavy (non-hydrogen) atoms. The van der Waals surface area contributed by atoms with Gasteiger partial charge in [0.25, 0.3) is 11.8 Å². The third-order valence-corrected chi connectivity index (χ3v) is 4.65. The Bertz CT molecular complexity index is 975. The fourth-order valence-electron chi connectivity index (χ4n) is 3.40. The molecule has 8 heteroatoms. The number of aryl methyl sites for hydroxylation is 3. The molecule has 1 unspecified atom stereocenters. The van der Waals surface area contributed by atoms with Crippen LogP contribution in [0.2, 0.25) is 0 Å². The number of amides is 1. The Morgan fingerprint density at radius 2 is 2.31 bits per heavy atom. The molecule has 2 heterocycles. The molecular formula is C18H19N5O3. The first-order chi connectivity index (χ1) is 12.5. The highest BCUT2D eigenvalue weighted by atomic mass is 16.5. The van der Waals surface area contributed by atoms with E-state index in [4.69, 9.17) is 9.63 Å². The van der Waals surface area contributed by atoms with Crippen LogP contribution in [0.4, 0.5) is 0 Å². The number of nitrogens with zero attached hydrogens (tertiary/aromatic N) is 4. The van der Waals surface area contributed by atoms with Gasteiger partial charge in [0, 0.05) is 18.8 Å². The van der Waals surface area contributed by atoms with Gasteiger partial charge in [-0.25, -0.2) is 0 Å². The number of aliphatic hydroxyl groups is 1. The molecule has 0 aliphatic heterocycles. The lowest BCUT2D eigenvalue weighted by Crippen LogP contribution is -2.27. The highest BCUT2D eigenvalue weighted by Crippen LogP contribution is 2.34. The van der Waals surface area contributed by atoms with Gasteiger partial charge in [-0.2, -0.15) is 10.1 Å². The summed E-state index contributed by atoms with van der Waals surface area (Å²) in [4.78, 5) is 16.7. The minimum absolute atomic E-state index is 0.0237. The van der Waals surface area contributed by atoms with Crippen molar-refractivity contribution in [2.24, 2.45) is 7.05 Å². The number of carbonyl (C=O) groups excluding carboxylic acids is 1. The van der Waals surface area contributed by atoms with E-state index in [2.05, 4.69) is 20.6 Å². The molecule has 0 saturated heterocycles. The SMILES string of the molecule is Cc1nn(C)cc1C(=O)NC1CCc2cc(-c3noc(CO)n3)ccc21. The molecule has 1 aliphatic carbocycles. The van der Waals surface area contributed by atoms with E-state index in [0.29, 0.717) is 11.4 Å².